The molecular weight excluding hydrogens is 238 g/mol. The maximum absolute atomic E-state index is 9.23. The highest BCUT2D eigenvalue weighted by molar-refractivity contribution is 5.31. The summed E-state index contributed by atoms with van der Waals surface area (Å²) in [6.45, 7) is 2.21. The average molecular weight is 259 g/mol. The van der Waals surface area contributed by atoms with Crippen LogP contribution >= 0.6 is 0 Å². The first-order chi connectivity index (χ1) is 9.26. The van der Waals surface area contributed by atoms with Gasteiger partial charge in [-0.25, -0.2) is 0 Å². The highest BCUT2D eigenvalue weighted by Crippen LogP contribution is 2.33. The molecule has 0 saturated heterocycles. The molecule has 0 aromatic heterocycles. The normalized spacial score (nSPS) is 26.5. The Morgan fingerprint density at radius 2 is 1.89 bits per heavy atom. The lowest BCUT2D eigenvalue weighted by atomic mass is 9.79. The van der Waals surface area contributed by atoms with E-state index in [2.05, 4.69) is 13.0 Å². The summed E-state index contributed by atoms with van der Waals surface area (Å²) in [5, 5.41) is 9.23. The molecule has 0 bridgehead atoms. The van der Waals surface area contributed by atoms with Gasteiger partial charge in [-0.15, -0.1) is 0 Å². The molecule has 19 heavy (non-hydrogen) atoms. The van der Waals surface area contributed by atoms with Crippen LogP contribution in [0.5, 0.6) is 11.5 Å². The van der Waals surface area contributed by atoms with Crippen molar-refractivity contribution in [1.82, 2.24) is 0 Å². The maximum atomic E-state index is 9.23. The van der Waals surface area contributed by atoms with Crippen LogP contribution in [0.2, 0.25) is 0 Å². The van der Waals surface area contributed by atoms with Gasteiger partial charge in [0.05, 0.1) is 19.1 Å². The zero-order valence-corrected chi connectivity index (χ0v) is 11.6. The van der Waals surface area contributed by atoms with Crippen LogP contribution in [-0.4, -0.2) is 13.2 Å². The van der Waals surface area contributed by atoms with Crippen molar-refractivity contribution in [1.29, 1.82) is 5.26 Å². The summed E-state index contributed by atoms with van der Waals surface area (Å²) in [7, 11) is 1.65. The number of benzene rings is 1. The second-order valence-corrected chi connectivity index (χ2v) is 5.15. The molecule has 1 fully saturated rings. The van der Waals surface area contributed by atoms with Crippen molar-refractivity contribution in [2.75, 3.05) is 7.11 Å². The Balaban J connectivity index is 2.03. The summed E-state index contributed by atoms with van der Waals surface area (Å²) < 4.78 is 11.1. The first-order valence-electron chi connectivity index (χ1n) is 6.97. The average Bonchev–Trinajstić information content (AvgIpc) is 2.48. The van der Waals surface area contributed by atoms with Gasteiger partial charge in [0.25, 0.3) is 0 Å². The molecule has 0 radical (unpaired) electrons. The van der Waals surface area contributed by atoms with Gasteiger partial charge < -0.3 is 9.47 Å². The van der Waals surface area contributed by atoms with Gasteiger partial charge in [-0.1, -0.05) is 13.3 Å². The Labute approximate surface area is 115 Å². The molecule has 1 aromatic carbocycles. The number of methoxy groups -OCH3 is 1. The van der Waals surface area contributed by atoms with Crippen molar-refractivity contribution < 1.29 is 9.47 Å². The Kier molecular flexibility index (Phi) is 4.68. The maximum Gasteiger partial charge on any atom is 0.120 e. The smallest absolute Gasteiger partial charge is 0.120 e. The molecule has 1 saturated carbocycles. The predicted octanol–water partition coefficient (Wildman–Crippen LogP) is 3.79. The molecular formula is C16H21NO2. The van der Waals surface area contributed by atoms with E-state index in [1.165, 1.54) is 6.42 Å². The van der Waals surface area contributed by atoms with Crippen molar-refractivity contribution in [3.8, 4) is 17.6 Å². The largest absolute Gasteiger partial charge is 0.497 e. The second-order valence-electron chi connectivity index (χ2n) is 5.15. The van der Waals surface area contributed by atoms with E-state index in [1.54, 1.807) is 7.11 Å². The summed E-state index contributed by atoms with van der Waals surface area (Å²) in [4.78, 5) is 0. The molecule has 3 heteroatoms. The molecule has 2 rings (SSSR count). The predicted molar refractivity (Wildman–Crippen MR) is 74.1 cm³/mol. The van der Waals surface area contributed by atoms with Crippen molar-refractivity contribution in [2.24, 2.45) is 11.8 Å². The number of rotatable bonds is 4. The summed E-state index contributed by atoms with van der Waals surface area (Å²) in [6, 6.07) is 9.97. The van der Waals surface area contributed by atoms with Crippen LogP contribution < -0.4 is 9.47 Å². The fraction of sp³-hybridized carbons (Fsp3) is 0.562. The third-order valence-corrected chi connectivity index (χ3v) is 3.99. The number of hydrogen-bond donors (Lipinski definition) is 0. The van der Waals surface area contributed by atoms with Crippen LogP contribution in [0.3, 0.4) is 0 Å². The van der Waals surface area contributed by atoms with E-state index < -0.39 is 0 Å². The zero-order valence-electron chi connectivity index (χ0n) is 11.6. The Morgan fingerprint density at radius 1 is 1.21 bits per heavy atom. The van der Waals surface area contributed by atoms with Crippen LogP contribution in [-0.2, 0) is 0 Å². The summed E-state index contributed by atoms with van der Waals surface area (Å²) in [5.74, 6) is 2.35. The van der Waals surface area contributed by atoms with Gasteiger partial charge in [0.1, 0.15) is 17.6 Å². The molecule has 0 N–H and O–H groups in total. The second kappa shape index (κ2) is 6.47. The zero-order chi connectivity index (χ0) is 13.7. The topological polar surface area (TPSA) is 42.2 Å². The lowest BCUT2D eigenvalue weighted by Gasteiger charge is -2.32. The van der Waals surface area contributed by atoms with Gasteiger partial charge in [-0.05, 0) is 49.4 Å². The first kappa shape index (κ1) is 13.7. The minimum Gasteiger partial charge on any atom is -0.497 e. The highest BCUT2D eigenvalue weighted by Gasteiger charge is 2.31. The summed E-state index contributed by atoms with van der Waals surface area (Å²) in [5.41, 5.74) is 0. The summed E-state index contributed by atoms with van der Waals surface area (Å²) >= 11 is 0. The van der Waals surface area contributed by atoms with Gasteiger partial charge in [-0.2, -0.15) is 5.26 Å². The van der Waals surface area contributed by atoms with E-state index in [1.807, 2.05) is 24.3 Å². The summed E-state index contributed by atoms with van der Waals surface area (Å²) in [6.07, 6.45) is 4.28. The minimum atomic E-state index is 0.0184. The molecule has 1 aliphatic rings. The van der Waals surface area contributed by atoms with E-state index in [-0.39, 0.29) is 12.0 Å². The van der Waals surface area contributed by atoms with Crippen LogP contribution in [0.4, 0.5) is 0 Å². The number of ether oxygens (including phenoxy) is 2. The van der Waals surface area contributed by atoms with Crippen molar-refractivity contribution in [3.05, 3.63) is 24.3 Å². The molecule has 0 aliphatic heterocycles. The standard InChI is InChI=1S/C16H21NO2/c1-3-12-4-5-13(11-17)16(10-12)19-15-8-6-14(18-2)7-9-15/h6-9,12-13,16H,3-5,10H2,1-2H3. The van der Waals surface area contributed by atoms with Crippen LogP contribution in [0.1, 0.15) is 32.6 Å². The Bertz CT molecular complexity index is 435. The van der Waals surface area contributed by atoms with Crippen LogP contribution in [0.15, 0.2) is 24.3 Å². The van der Waals surface area contributed by atoms with Crippen molar-refractivity contribution in [3.63, 3.8) is 0 Å². The SMILES string of the molecule is CCC1CCC(C#N)C(Oc2ccc(OC)cc2)C1. The molecule has 0 amide bonds. The molecule has 102 valence electrons. The van der Waals surface area contributed by atoms with E-state index in [0.717, 1.165) is 30.8 Å². The minimum absolute atomic E-state index is 0.0184. The third-order valence-electron chi connectivity index (χ3n) is 3.99. The van der Waals surface area contributed by atoms with E-state index in [0.29, 0.717) is 5.92 Å². The Hall–Kier alpha value is -1.69. The van der Waals surface area contributed by atoms with Crippen LogP contribution in [0.25, 0.3) is 0 Å². The molecule has 3 unspecified atom stereocenters. The monoisotopic (exact) mass is 259 g/mol. The van der Waals surface area contributed by atoms with Crippen molar-refractivity contribution >= 4 is 0 Å². The van der Waals surface area contributed by atoms with Gasteiger partial charge in [-0.3, -0.25) is 0 Å². The quantitative estimate of drug-likeness (QED) is 0.826. The van der Waals surface area contributed by atoms with E-state index in [4.69, 9.17) is 9.47 Å². The van der Waals surface area contributed by atoms with Gasteiger partial charge in [0.2, 0.25) is 0 Å². The van der Waals surface area contributed by atoms with Crippen LogP contribution in [0, 0.1) is 23.2 Å². The van der Waals surface area contributed by atoms with Crippen molar-refractivity contribution in [2.45, 2.75) is 38.7 Å². The third kappa shape index (κ3) is 3.41. The van der Waals surface area contributed by atoms with Gasteiger partial charge in [0.15, 0.2) is 0 Å². The lowest BCUT2D eigenvalue weighted by Crippen LogP contribution is -2.33. The molecule has 3 nitrogen and oxygen atoms in total. The van der Waals surface area contributed by atoms with E-state index >= 15 is 0 Å². The van der Waals surface area contributed by atoms with E-state index in [9.17, 15) is 5.26 Å². The Morgan fingerprint density at radius 3 is 2.47 bits per heavy atom. The number of hydrogen-bond acceptors (Lipinski definition) is 3. The number of nitriles is 1. The first-order valence-corrected chi connectivity index (χ1v) is 6.97. The number of nitrogens with zero attached hydrogens (tertiary/aromatic N) is 1. The lowest BCUT2D eigenvalue weighted by molar-refractivity contribution is 0.0892. The molecule has 0 heterocycles. The van der Waals surface area contributed by atoms with Gasteiger partial charge >= 0.3 is 0 Å². The molecule has 1 aliphatic carbocycles. The fourth-order valence-corrected chi connectivity index (χ4v) is 2.69. The molecule has 1 aromatic rings. The fourth-order valence-electron chi connectivity index (χ4n) is 2.69. The highest BCUT2D eigenvalue weighted by atomic mass is 16.5. The van der Waals surface area contributed by atoms with Gasteiger partial charge in [0, 0.05) is 0 Å². The molecule has 0 spiro atoms. The molecule has 3 atom stereocenters.